The van der Waals surface area contributed by atoms with Gasteiger partial charge in [-0.25, -0.2) is 0 Å². The van der Waals surface area contributed by atoms with E-state index in [1.54, 1.807) is 11.3 Å². The van der Waals surface area contributed by atoms with E-state index in [1.165, 1.54) is 5.56 Å². The standard InChI is InChI=1S/C13H19NO3S/c1-3-14(9(2)10-4-5-18-8-10)12-7-17-6-11(12)13(15)16/h4-5,8-9,11-12H,3,6-7H2,1-2H3,(H,15,16). The number of ether oxygens (including phenoxy) is 1. The molecule has 18 heavy (non-hydrogen) atoms. The van der Waals surface area contributed by atoms with Gasteiger partial charge in [-0.3, -0.25) is 9.69 Å². The van der Waals surface area contributed by atoms with Gasteiger partial charge in [-0.1, -0.05) is 6.92 Å². The van der Waals surface area contributed by atoms with E-state index in [4.69, 9.17) is 4.74 Å². The van der Waals surface area contributed by atoms with Crippen molar-refractivity contribution in [2.45, 2.75) is 25.9 Å². The minimum atomic E-state index is -0.756. The Bertz CT molecular complexity index is 393. The predicted molar refractivity (Wildman–Crippen MR) is 70.8 cm³/mol. The molecule has 0 spiro atoms. The van der Waals surface area contributed by atoms with Gasteiger partial charge in [0.05, 0.1) is 19.1 Å². The van der Waals surface area contributed by atoms with Gasteiger partial charge in [-0.15, -0.1) is 0 Å². The molecule has 0 radical (unpaired) electrons. The van der Waals surface area contributed by atoms with Crippen molar-refractivity contribution >= 4 is 17.3 Å². The van der Waals surface area contributed by atoms with Crippen LogP contribution in [0.25, 0.3) is 0 Å². The molecule has 0 bridgehead atoms. The largest absolute Gasteiger partial charge is 0.481 e. The van der Waals surface area contributed by atoms with Gasteiger partial charge in [0.2, 0.25) is 0 Å². The predicted octanol–water partition coefficient (Wildman–Crippen LogP) is 2.23. The lowest BCUT2D eigenvalue weighted by Crippen LogP contribution is -2.44. The summed E-state index contributed by atoms with van der Waals surface area (Å²) in [5, 5.41) is 13.4. The highest BCUT2D eigenvalue weighted by molar-refractivity contribution is 7.07. The molecule has 1 fully saturated rings. The highest BCUT2D eigenvalue weighted by Gasteiger charge is 2.39. The number of likely N-dealkylation sites (N-methyl/N-ethyl adjacent to an activating group) is 1. The normalized spacial score (nSPS) is 25.5. The average Bonchev–Trinajstić information content (AvgIpc) is 3.00. The number of hydrogen-bond donors (Lipinski definition) is 1. The minimum absolute atomic E-state index is 0.0256. The second-order valence-corrected chi connectivity index (χ2v) is 5.39. The molecule has 2 heterocycles. The van der Waals surface area contributed by atoms with E-state index in [0.29, 0.717) is 13.2 Å². The molecule has 1 aliphatic heterocycles. The second-order valence-electron chi connectivity index (χ2n) is 4.61. The molecule has 3 unspecified atom stereocenters. The van der Waals surface area contributed by atoms with Crippen LogP contribution in [0.15, 0.2) is 16.8 Å². The van der Waals surface area contributed by atoms with Crippen LogP contribution in [0.4, 0.5) is 0 Å². The van der Waals surface area contributed by atoms with E-state index in [9.17, 15) is 9.90 Å². The Morgan fingerprint density at radius 2 is 2.44 bits per heavy atom. The summed E-state index contributed by atoms with van der Waals surface area (Å²) in [7, 11) is 0. The van der Waals surface area contributed by atoms with E-state index in [1.807, 2.05) is 0 Å². The Morgan fingerprint density at radius 3 is 3.00 bits per heavy atom. The van der Waals surface area contributed by atoms with Crippen molar-refractivity contribution in [1.82, 2.24) is 4.90 Å². The number of nitrogens with zero attached hydrogens (tertiary/aromatic N) is 1. The molecule has 1 aromatic heterocycles. The molecule has 0 aliphatic carbocycles. The van der Waals surface area contributed by atoms with Crippen LogP contribution in [0.2, 0.25) is 0 Å². The third kappa shape index (κ3) is 2.58. The number of carboxylic acids is 1. The molecule has 2 rings (SSSR count). The summed E-state index contributed by atoms with van der Waals surface area (Å²) >= 11 is 1.67. The zero-order valence-electron chi connectivity index (χ0n) is 10.7. The molecule has 5 heteroatoms. The fourth-order valence-corrected chi connectivity index (χ4v) is 3.35. The quantitative estimate of drug-likeness (QED) is 0.890. The lowest BCUT2D eigenvalue weighted by Gasteiger charge is -2.34. The first-order chi connectivity index (χ1) is 8.65. The first-order valence-electron chi connectivity index (χ1n) is 6.23. The summed E-state index contributed by atoms with van der Waals surface area (Å²) < 4.78 is 5.36. The molecule has 1 aromatic rings. The third-order valence-corrected chi connectivity index (χ3v) is 4.38. The van der Waals surface area contributed by atoms with Crippen LogP contribution in [0.3, 0.4) is 0 Å². The van der Waals surface area contributed by atoms with E-state index in [0.717, 1.165) is 6.54 Å². The zero-order chi connectivity index (χ0) is 13.1. The maximum absolute atomic E-state index is 11.2. The Kier molecular flexibility index (Phi) is 4.37. The molecule has 0 saturated carbocycles. The van der Waals surface area contributed by atoms with Crippen LogP contribution in [0.1, 0.15) is 25.5 Å². The van der Waals surface area contributed by atoms with Gasteiger partial charge in [0.25, 0.3) is 0 Å². The van der Waals surface area contributed by atoms with Crippen molar-refractivity contribution < 1.29 is 14.6 Å². The van der Waals surface area contributed by atoms with Crippen molar-refractivity contribution in [2.24, 2.45) is 5.92 Å². The Balaban J connectivity index is 2.15. The summed E-state index contributed by atoms with van der Waals surface area (Å²) in [6.07, 6.45) is 0. The van der Waals surface area contributed by atoms with E-state index in [-0.39, 0.29) is 12.1 Å². The van der Waals surface area contributed by atoms with Crippen LogP contribution in [0, 0.1) is 5.92 Å². The topological polar surface area (TPSA) is 49.8 Å². The maximum atomic E-state index is 11.2. The van der Waals surface area contributed by atoms with E-state index < -0.39 is 11.9 Å². The molecular formula is C13H19NO3S. The highest BCUT2D eigenvalue weighted by atomic mass is 32.1. The fraction of sp³-hybridized carbons (Fsp3) is 0.615. The molecule has 3 atom stereocenters. The van der Waals surface area contributed by atoms with Gasteiger partial charge in [0.1, 0.15) is 0 Å². The molecule has 100 valence electrons. The van der Waals surface area contributed by atoms with Gasteiger partial charge in [-0.05, 0) is 35.9 Å². The van der Waals surface area contributed by atoms with Gasteiger partial charge in [-0.2, -0.15) is 11.3 Å². The number of rotatable bonds is 5. The van der Waals surface area contributed by atoms with Crippen LogP contribution in [0.5, 0.6) is 0 Å². The molecule has 4 nitrogen and oxygen atoms in total. The summed E-state index contributed by atoms with van der Waals surface area (Å²) in [6, 6.07) is 2.31. The van der Waals surface area contributed by atoms with Crippen LogP contribution >= 0.6 is 11.3 Å². The third-order valence-electron chi connectivity index (χ3n) is 3.68. The minimum Gasteiger partial charge on any atom is -0.481 e. The van der Waals surface area contributed by atoms with Crippen LogP contribution < -0.4 is 0 Å². The molecule has 1 saturated heterocycles. The molecular weight excluding hydrogens is 250 g/mol. The highest BCUT2D eigenvalue weighted by Crippen LogP contribution is 2.29. The molecule has 0 amide bonds. The fourth-order valence-electron chi connectivity index (χ4n) is 2.61. The Labute approximate surface area is 111 Å². The van der Waals surface area contributed by atoms with E-state index in [2.05, 4.69) is 35.6 Å². The maximum Gasteiger partial charge on any atom is 0.310 e. The number of thiophene rings is 1. The molecule has 1 N–H and O–H groups in total. The average molecular weight is 269 g/mol. The Morgan fingerprint density at radius 1 is 1.67 bits per heavy atom. The monoisotopic (exact) mass is 269 g/mol. The second kappa shape index (κ2) is 5.82. The number of hydrogen-bond acceptors (Lipinski definition) is 4. The van der Waals surface area contributed by atoms with Gasteiger partial charge < -0.3 is 9.84 Å². The summed E-state index contributed by atoms with van der Waals surface area (Å²) in [5.41, 5.74) is 1.25. The number of carbonyl (C=O) groups is 1. The van der Waals surface area contributed by atoms with Crippen LogP contribution in [-0.2, 0) is 9.53 Å². The van der Waals surface area contributed by atoms with Gasteiger partial charge in [0.15, 0.2) is 0 Å². The summed E-state index contributed by atoms with van der Waals surface area (Å²) in [4.78, 5) is 13.5. The van der Waals surface area contributed by atoms with Crippen molar-refractivity contribution in [3.63, 3.8) is 0 Å². The van der Waals surface area contributed by atoms with Gasteiger partial charge >= 0.3 is 5.97 Å². The summed E-state index contributed by atoms with van der Waals surface area (Å²) in [5.74, 6) is -1.17. The van der Waals surface area contributed by atoms with Crippen molar-refractivity contribution in [2.75, 3.05) is 19.8 Å². The molecule has 1 aliphatic rings. The number of aliphatic carboxylic acids is 1. The van der Waals surface area contributed by atoms with Crippen molar-refractivity contribution in [3.05, 3.63) is 22.4 Å². The smallest absolute Gasteiger partial charge is 0.310 e. The lowest BCUT2D eigenvalue weighted by molar-refractivity contribution is -0.143. The van der Waals surface area contributed by atoms with Crippen LogP contribution in [-0.4, -0.2) is 41.8 Å². The number of carboxylic acid groups (broad SMARTS) is 1. The summed E-state index contributed by atoms with van der Waals surface area (Å²) in [6.45, 7) is 5.86. The van der Waals surface area contributed by atoms with E-state index >= 15 is 0 Å². The van der Waals surface area contributed by atoms with Crippen molar-refractivity contribution in [1.29, 1.82) is 0 Å². The first-order valence-corrected chi connectivity index (χ1v) is 7.17. The Hall–Kier alpha value is -0.910. The van der Waals surface area contributed by atoms with Crippen molar-refractivity contribution in [3.8, 4) is 0 Å². The molecule has 0 aromatic carbocycles. The lowest BCUT2D eigenvalue weighted by atomic mass is 9.99. The van der Waals surface area contributed by atoms with Gasteiger partial charge in [0, 0.05) is 12.1 Å². The zero-order valence-corrected chi connectivity index (χ0v) is 11.5. The SMILES string of the molecule is CCN(C(C)c1ccsc1)C1COCC1C(=O)O. The first kappa shape index (κ1) is 13.5.